The molecule has 0 aliphatic carbocycles. The lowest BCUT2D eigenvalue weighted by atomic mass is 9.93. The average Bonchev–Trinajstić information content (AvgIpc) is 2.94. The van der Waals surface area contributed by atoms with Gasteiger partial charge in [-0.05, 0) is 27.7 Å². The van der Waals surface area contributed by atoms with Crippen LogP contribution in [-0.2, 0) is 12.0 Å². The fourth-order valence-electron chi connectivity index (χ4n) is 2.53. The predicted octanol–water partition coefficient (Wildman–Crippen LogP) is 3.84. The van der Waals surface area contributed by atoms with Gasteiger partial charge < -0.3 is 10.6 Å². The summed E-state index contributed by atoms with van der Waals surface area (Å²) < 4.78 is 0. The number of hydrogen-bond donors (Lipinski definition) is 2. The molecular formula is C18H36IN5S. The molecule has 1 heterocycles. The van der Waals surface area contributed by atoms with Gasteiger partial charge in [0.1, 0.15) is 5.01 Å². The minimum absolute atomic E-state index is 0. The lowest BCUT2D eigenvalue weighted by Gasteiger charge is -2.30. The van der Waals surface area contributed by atoms with E-state index in [2.05, 4.69) is 74.4 Å². The Morgan fingerprint density at radius 1 is 1.20 bits per heavy atom. The molecule has 0 aliphatic heterocycles. The largest absolute Gasteiger partial charge is 0.355 e. The van der Waals surface area contributed by atoms with Crippen LogP contribution in [0.2, 0.25) is 0 Å². The van der Waals surface area contributed by atoms with E-state index in [0.29, 0.717) is 18.6 Å². The topological polar surface area (TPSA) is 52.6 Å². The van der Waals surface area contributed by atoms with Crippen molar-refractivity contribution in [2.75, 3.05) is 20.1 Å². The normalized spacial score (nSPS) is 12.7. The van der Waals surface area contributed by atoms with Crippen molar-refractivity contribution in [3.8, 4) is 0 Å². The monoisotopic (exact) mass is 481 g/mol. The van der Waals surface area contributed by atoms with E-state index in [-0.39, 0.29) is 29.4 Å². The Labute approximate surface area is 175 Å². The van der Waals surface area contributed by atoms with Gasteiger partial charge in [-0.25, -0.2) is 4.98 Å². The van der Waals surface area contributed by atoms with Crippen LogP contribution in [0.5, 0.6) is 0 Å². The second-order valence-corrected chi connectivity index (χ2v) is 8.60. The highest BCUT2D eigenvalue weighted by atomic mass is 127. The van der Waals surface area contributed by atoms with Gasteiger partial charge in [0, 0.05) is 43.0 Å². The summed E-state index contributed by atoms with van der Waals surface area (Å²) in [6.07, 6.45) is 0. The molecule has 0 amide bonds. The summed E-state index contributed by atoms with van der Waals surface area (Å²) in [5, 5.41) is 9.98. The molecule has 0 spiro atoms. The summed E-state index contributed by atoms with van der Waals surface area (Å²) in [6, 6.07) is 1.10. The van der Waals surface area contributed by atoms with Crippen molar-refractivity contribution < 1.29 is 0 Å². The maximum atomic E-state index is 4.71. The fraction of sp³-hybridized carbons (Fsp3) is 0.778. The SMILES string of the molecule is CN=C(NCCN(C(C)C)C(C)C)NCc1nc(C(C)(C)C)cs1.I. The molecule has 0 aliphatic rings. The Hall–Kier alpha value is -0.410. The zero-order valence-electron chi connectivity index (χ0n) is 17.0. The molecule has 0 saturated carbocycles. The molecule has 0 aromatic carbocycles. The molecular weight excluding hydrogens is 445 g/mol. The van der Waals surface area contributed by atoms with Gasteiger partial charge in [-0.1, -0.05) is 20.8 Å². The number of nitrogens with one attached hydrogen (secondary N) is 2. The molecule has 7 heteroatoms. The van der Waals surface area contributed by atoms with Crippen molar-refractivity contribution in [2.45, 2.75) is 72.5 Å². The van der Waals surface area contributed by atoms with E-state index in [1.165, 1.54) is 0 Å². The van der Waals surface area contributed by atoms with Gasteiger partial charge in [-0.15, -0.1) is 35.3 Å². The number of thiazole rings is 1. The third-order valence-corrected chi connectivity index (χ3v) is 4.79. The Kier molecular flexibility index (Phi) is 11.1. The second kappa shape index (κ2) is 11.3. The number of guanidine groups is 1. The quantitative estimate of drug-likeness (QED) is 0.353. The third-order valence-electron chi connectivity index (χ3n) is 3.94. The van der Waals surface area contributed by atoms with E-state index in [4.69, 9.17) is 4.98 Å². The number of nitrogens with zero attached hydrogens (tertiary/aromatic N) is 3. The van der Waals surface area contributed by atoms with Gasteiger partial charge in [0.25, 0.3) is 0 Å². The van der Waals surface area contributed by atoms with Crippen LogP contribution in [-0.4, -0.2) is 48.1 Å². The van der Waals surface area contributed by atoms with Crippen molar-refractivity contribution in [1.29, 1.82) is 0 Å². The third kappa shape index (κ3) is 8.68. The first-order valence-corrected chi connectivity index (χ1v) is 9.68. The summed E-state index contributed by atoms with van der Waals surface area (Å²) in [5.41, 5.74) is 1.25. The minimum Gasteiger partial charge on any atom is -0.355 e. The lowest BCUT2D eigenvalue weighted by molar-refractivity contribution is 0.178. The molecule has 0 fully saturated rings. The molecule has 0 radical (unpaired) electrons. The van der Waals surface area contributed by atoms with E-state index >= 15 is 0 Å². The summed E-state index contributed by atoms with van der Waals surface area (Å²) in [4.78, 5) is 11.5. The zero-order valence-corrected chi connectivity index (χ0v) is 20.2. The van der Waals surface area contributed by atoms with Crippen molar-refractivity contribution in [3.05, 3.63) is 16.1 Å². The molecule has 25 heavy (non-hydrogen) atoms. The molecule has 0 bridgehead atoms. The van der Waals surface area contributed by atoms with Crippen LogP contribution < -0.4 is 10.6 Å². The average molecular weight is 481 g/mol. The lowest BCUT2D eigenvalue weighted by Crippen LogP contribution is -2.45. The van der Waals surface area contributed by atoms with Crippen molar-refractivity contribution >= 4 is 41.3 Å². The molecule has 1 aromatic rings. The highest BCUT2D eigenvalue weighted by molar-refractivity contribution is 14.0. The second-order valence-electron chi connectivity index (χ2n) is 7.65. The first kappa shape index (κ1) is 24.6. The van der Waals surface area contributed by atoms with Crippen LogP contribution in [0, 0.1) is 0 Å². The van der Waals surface area contributed by atoms with Gasteiger partial charge in [-0.3, -0.25) is 9.89 Å². The van der Waals surface area contributed by atoms with Crippen molar-refractivity contribution in [2.24, 2.45) is 4.99 Å². The molecule has 146 valence electrons. The standard InChI is InChI=1S/C18H35N5S.HI/c1-13(2)23(14(3)4)10-9-20-17(19-8)21-11-16-22-15(12-24-16)18(5,6)7;/h12-14H,9-11H2,1-8H3,(H2,19,20,21);1H. The van der Waals surface area contributed by atoms with Crippen LogP contribution in [0.4, 0.5) is 0 Å². The molecule has 2 N–H and O–H groups in total. The van der Waals surface area contributed by atoms with Gasteiger partial charge >= 0.3 is 0 Å². The summed E-state index contributed by atoms with van der Waals surface area (Å²) in [6.45, 7) is 18.1. The first-order valence-electron chi connectivity index (χ1n) is 8.80. The fourth-order valence-corrected chi connectivity index (χ4v) is 3.49. The van der Waals surface area contributed by atoms with E-state index in [1.54, 1.807) is 18.4 Å². The number of aliphatic imine (C=N–C) groups is 1. The van der Waals surface area contributed by atoms with Crippen LogP contribution in [0.1, 0.15) is 59.2 Å². The van der Waals surface area contributed by atoms with E-state index in [1.807, 2.05) is 0 Å². The Balaban J connectivity index is 0.00000576. The molecule has 0 unspecified atom stereocenters. The molecule has 0 saturated heterocycles. The first-order chi connectivity index (χ1) is 11.1. The Morgan fingerprint density at radius 2 is 1.80 bits per heavy atom. The van der Waals surface area contributed by atoms with Crippen LogP contribution in [0.3, 0.4) is 0 Å². The van der Waals surface area contributed by atoms with E-state index in [0.717, 1.165) is 29.8 Å². The predicted molar refractivity (Wildman–Crippen MR) is 121 cm³/mol. The Morgan fingerprint density at radius 3 is 2.24 bits per heavy atom. The number of aromatic nitrogens is 1. The molecule has 0 atom stereocenters. The highest BCUT2D eigenvalue weighted by Gasteiger charge is 2.17. The highest BCUT2D eigenvalue weighted by Crippen LogP contribution is 2.23. The molecule has 5 nitrogen and oxygen atoms in total. The Bertz CT molecular complexity index is 512. The van der Waals surface area contributed by atoms with E-state index < -0.39 is 0 Å². The van der Waals surface area contributed by atoms with Gasteiger partial charge in [0.05, 0.1) is 12.2 Å². The zero-order chi connectivity index (χ0) is 18.3. The molecule has 1 aromatic heterocycles. The van der Waals surface area contributed by atoms with Crippen LogP contribution in [0.15, 0.2) is 10.4 Å². The summed E-state index contributed by atoms with van der Waals surface area (Å²) in [7, 11) is 1.81. The number of rotatable bonds is 7. The number of hydrogen-bond acceptors (Lipinski definition) is 4. The molecule has 1 rings (SSSR count). The summed E-state index contributed by atoms with van der Waals surface area (Å²) >= 11 is 1.70. The van der Waals surface area contributed by atoms with Crippen LogP contribution in [0.25, 0.3) is 0 Å². The number of halogens is 1. The smallest absolute Gasteiger partial charge is 0.191 e. The van der Waals surface area contributed by atoms with Gasteiger partial charge in [-0.2, -0.15) is 0 Å². The van der Waals surface area contributed by atoms with Crippen molar-refractivity contribution in [1.82, 2.24) is 20.5 Å². The van der Waals surface area contributed by atoms with E-state index in [9.17, 15) is 0 Å². The minimum atomic E-state index is 0. The van der Waals surface area contributed by atoms with Crippen LogP contribution >= 0.6 is 35.3 Å². The summed E-state index contributed by atoms with van der Waals surface area (Å²) in [5.74, 6) is 0.829. The van der Waals surface area contributed by atoms with Gasteiger partial charge in [0.2, 0.25) is 0 Å². The van der Waals surface area contributed by atoms with Gasteiger partial charge in [0.15, 0.2) is 5.96 Å². The maximum Gasteiger partial charge on any atom is 0.191 e. The maximum absolute atomic E-state index is 4.71. The van der Waals surface area contributed by atoms with Crippen molar-refractivity contribution in [3.63, 3.8) is 0 Å².